The van der Waals surface area contributed by atoms with Crippen LogP contribution in [0.4, 0.5) is 4.39 Å². The monoisotopic (exact) mass is 510 g/mol. The first-order valence-electron chi connectivity index (χ1n) is 14.8. The van der Waals surface area contributed by atoms with E-state index in [1.54, 1.807) is 0 Å². The third-order valence-corrected chi connectivity index (χ3v) is 7.61. The molecule has 204 valence electrons. The van der Waals surface area contributed by atoms with E-state index in [4.69, 9.17) is 9.47 Å². The zero-order chi connectivity index (χ0) is 26.3. The molecule has 0 amide bonds. The molecule has 1 fully saturated rings. The van der Waals surface area contributed by atoms with E-state index >= 15 is 0 Å². The fourth-order valence-corrected chi connectivity index (χ4v) is 5.19. The summed E-state index contributed by atoms with van der Waals surface area (Å²) in [5.74, 6) is 0.733. The largest absolute Gasteiger partial charge is 0.494 e. The molecule has 1 aliphatic carbocycles. The quantitative estimate of drug-likeness (QED) is 0.167. The van der Waals surface area contributed by atoms with E-state index < -0.39 is 12.1 Å². The Morgan fingerprint density at radius 2 is 1.35 bits per heavy atom. The van der Waals surface area contributed by atoms with Crippen molar-refractivity contribution in [2.24, 2.45) is 0 Å². The van der Waals surface area contributed by atoms with Crippen molar-refractivity contribution in [3.8, 4) is 16.9 Å². The van der Waals surface area contributed by atoms with Crippen molar-refractivity contribution in [2.45, 2.75) is 122 Å². The lowest BCUT2D eigenvalue weighted by Gasteiger charge is -2.29. The second-order valence-corrected chi connectivity index (χ2v) is 10.6. The van der Waals surface area contributed by atoms with Crippen molar-refractivity contribution in [3.63, 3.8) is 0 Å². The van der Waals surface area contributed by atoms with Crippen molar-refractivity contribution in [2.75, 3.05) is 6.61 Å². The molecule has 0 spiro atoms. The predicted octanol–water partition coefficient (Wildman–Crippen LogP) is 9.58. The maximum Gasteiger partial charge on any atom is 0.340 e. The van der Waals surface area contributed by atoms with Gasteiger partial charge in [0, 0.05) is 0 Å². The standard InChI is InChI=1S/C33H47FO3/c1-3-5-7-8-9-10-11-25-36-30-21-17-28(18-22-30)26-13-15-27(16-14-26)29-19-23-31(24-20-29)37-33(35)32(34)12-6-4-2/h13-18,21-22,29,31-32H,3-12,19-20,23-25H2,1-2H3/t29-,31-,32-/m0/s1. The third kappa shape index (κ3) is 10.1. The summed E-state index contributed by atoms with van der Waals surface area (Å²) in [6.45, 7) is 5.04. The van der Waals surface area contributed by atoms with Gasteiger partial charge < -0.3 is 9.47 Å². The van der Waals surface area contributed by atoms with E-state index in [1.807, 2.05) is 6.92 Å². The molecule has 3 rings (SSSR count). The number of alkyl halides is 1. The van der Waals surface area contributed by atoms with Gasteiger partial charge in [0.2, 0.25) is 0 Å². The maximum absolute atomic E-state index is 13.9. The van der Waals surface area contributed by atoms with Crippen LogP contribution in [0, 0.1) is 0 Å². The van der Waals surface area contributed by atoms with Gasteiger partial charge in [-0.3, -0.25) is 0 Å². The Bertz CT molecular complexity index is 885. The van der Waals surface area contributed by atoms with E-state index in [0.29, 0.717) is 5.92 Å². The second-order valence-electron chi connectivity index (χ2n) is 10.6. The zero-order valence-electron chi connectivity index (χ0n) is 23.1. The van der Waals surface area contributed by atoms with Crippen LogP contribution in [0.15, 0.2) is 48.5 Å². The molecule has 1 aliphatic rings. The van der Waals surface area contributed by atoms with Crippen LogP contribution < -0.4 is 4.74 Å². The molecular formula is C33H47FO3. The van der Waals surface area contributed by atoms with Gasteiger partial charge in [0.1, 0.15) is 11.9 Å². The number of benzene rings is 2. The molecular weight excluding hydrogens is 463 g/mol. The van der Waals surface area contributed by atoms with Crippen LogP contribution in [0.25, 0.3) is 11.1 Å². The van der Waals surface area contributed by atoms with Crippen molar-refractivity contribution >= 4 is 5.97 Å². The highest BCUT2D eigenvalue weighted by molar-refractivity contribution is 5.74. The van der Waals surface area contributed by atoms with E-state index in [0.717, 1.165) is 57.3 Å². The summed E-state index contributed by atoms with van der Waals surface area (Å²) in [6, 6.07) is 17.2. The molecule has 0 saturated heterocycles. The molecule has 37 heavy (non-hydrogen) atoms. The molecule has 3 nitrogen and oxygen atoms in total. The lowest BCUT2D eigenvalue weighted by molar-refractivity contribution is -0.157. The summed E-state index contributed by atoms with van der Waals surface area (Å²) in [4.78, 5) is 12.0. The Morgan fingerprint density at radius 3 is 1.97 bits per heavy atom. The number of hydrogen-bond donors (Lipinski definition) is 0. The zero-order valence-corrected chi connectivity index (χ0v) is 23.1. The highest BCUT2D eigenvalue weighted by Gasteiger charge is 2.27. The minimum atomic E-state index is -1.48. The fraction of sp³-hybridized carbons (Fsp3) is 0.606. The molecule has 0 radical (unpaired) electrons. The number of esters is 1. The minimum absolute atomic E-state index is 0.144. The molecule has 2 aromatic carbocycles. The topological polar surface area (TPSA) is 35.5 Å². The second kappa shape index (κ2) is 16.5. The van der Waals surface area contributed by atoms with Gasteiger partial charge in [-0.25, -0.2) is 9.18 Å². The molecule has 2 aromatic rings. The highest BCUT2D eigenvalue weighted by Crippen LogP contribution is 2.35. The van der Waals surface area contributed by atoms with Crippen molar-refractivity contribution in [3.05, 3.63) is 54.1 Å². The maximum atomic E-state index is 13.9. The lowest BCUT2D eigenvalue weighted by atomic mass is 9.82. The third-order valence-electron chi connectivity index (χ3n) is 7.61. The summed E-state index contributed by atoms with van der Waals surface area (Å²) in [7, 11) is 0. The van der Waals surface area contributed by atoms with Crippen LogP contribution in [-0.4, -0.2) is 24.9 Å². The Balaban J connectivity index is 1.38. The first kappa shape index (κ1) is 29.2. The summed E-state index contributed by atoms with van der Waals surface area (Å²) in [5.41, 5.74) is 3.72. The number of rotatable bonds is 16. The van der Waals surface area contributed by atoms with Gasteiger partial charge >= 0.3 is 5.97 Å². The summed E-state index contributed by atoms with van der Waals surface area (Å²) >= 11 is 0. The van der Waals surface area contributed by atoms with Crippen LogP contribution in [0.2, 0.25) is 0 Å². The molecule has 1 atom stereocenters. The van der Waals surface area contributed by atoms with Crippen LogP contribution in [0.1, 0.15) is 115 Å². The molecule has 0 aromatic heterocycles. The average molecular weight is 511 g/mol. The summed E-state index contributed by atoms with van der Waals surface area (Å²) in [6.07, 6.45) is 12.8. The molecule has 0 aliphatic heterocycles. The predicted molar refractivity (Wildman–Crippen MR) is 151 cm³/mol. The Kier molecular flexibility index (Phi) is 13.0. The summed E-state index contributed by atoms with van der Waals surface area (Å²) < 4.78 is 25.3. The Morgan fingerprint density at radius 1 is 0.784 bits per heavy atom. The first-order chi connectivity index (χ1) is 18.1. The van der Waals surface area contributed by atoms with E-state index in [1.165, 1.54) is 55.2 Å². The number of carbonyl (C=O) groups excluding carboxylic acids is 1. The van der Waals surface area contributed by atoms with E-state index in [-0.39, 0.29) is 12.5 Å². The van der Waals surface area contributed by atoms with Crippen molar-refractivity contribution < 1.29 is 18.7 Å². The number of halogens is 1. The number of hydrogen-bond acceptors (Lipinski definition) is 3. The van der Waals surface area contributed by atoms with E-state index in [9.17, 15) is 9.18 Å². The van der Waals surface area contributed by atoms with Gasteiger partial charge in [0.05, 0.1) is 6.61 Å². The summed E-state index contributed by atoms with van der Waals surface area (Å²) in [5, 5.41) is 0. The van der Waals surface area contributed by atoms with Gasteiger partial charge in [0.15, 0.2) is 6.17 Å². The van der Waals surface area contributed by atoms with Crippen molar-refractivity contribution in [1.29, 1.82) is 0 Å². The highest BCUT2D eigenvalue weighted by atomic mass is 19.1. The smallest absolute Gasteiger partial charge is 0.340 e. The molecule has 0 bridgehead atoms. The number of ether oxygens (including phenoxy) is 2. The SMILES string of the molecule is CCCCCCCCCOc1ccc(-c2ccc([C@H]3CC[C@H](OC(=O)[C@@H](F)CCCC)CC3)cc2)cc1. The van der Waals surface area contributed by atoms with Crippen LogP contribution >= 0.6 is 0 Å². The fourth-order valence-electron chi connectivity index (χ4n) is 5.19. The van der Waals surface area contributed by atoms with Gasteiger partial charge in [-0.05, 0) is 73.3 Å². The molecule has 0 unspecified atom stereocenters. The first-order valence-corrected chi connectivity index (χ1v) is 14.8. The van der Waals surface area contributed by atoms with Crippen LogP contribution in [0.3, 0.4) is 0 Å². The van der Waals surface area contributed by atoms with Crippen LogP contribution in [-0.2, 0) is 9.53 Å². The Hall–Kier alpha value is -2.36. The number of unbranched alkanes of at least 4 members (excludes halogenated alkanes) is 7. The molecule has 0 N–H and O–H groups in total. The molecule has 4 heteroatoms. The van der Waals surface area contributed by atoms with Gasteiger partial charge in [-0.1, -0.05) is 102 Å². The minimum Gasteiger partial charge on any atom is -0.494 e. The number of carbonyl (C=O) groups is 1. The average Bonchev–Trinajstić information content (AvgIpc) is 2.94. The van der Waals surface area contributed by atoms with Crippen molar-refractivity contribution in [1.82, 2.24) is 0 Å². The van der Waals surface area contributed by atoms with Crippen LogP contribution in [0.5, 0.6) is 5.75 Å². The van der Waals surface area contributed by atoms with E-state index in [2.05, 4.69) is 55.5 Å². The normalized spacial score (nSPS) is 18.4. The van der Waals surface area contributed by atoms with Gasteiger partial charge in [0.25, 0.3) is 0 Å². The molecule has 1 saturated carbocycles. The van der Waals surface area contributed by atoms with Gasteiger partial charge in [-0.15, -0.1) is 0 Å². The van der Waals surface area contributed by atoms with Gasteiger partial charge in [-0.2, -0.15) is 0 Å². The Labute approximate surface area is 224 Å². The lowest BCUT2D eigenvalue weighted by Crippen LogP contribution is -2.28. The molecule has 0 heterocycles.